The van der Waals surface area contributed by atoms with Crippen LogP contribution in [0.2, 0.25) is 0 Å². The van der Waals surface area contributed by atoms with Gasteiger partial charge in [0.05, 0.1) is 0 Å². The smallest absolute Gasteiger partial charge is 0.00218 e. The molecule has 0 aromatic rings. The van der Waals surface area contributed by atoms with E-state index in [1.807, 2.05) is 0 Å². The van der Waals surface area contributed by atoms with Gasteiger partial charge in [0, 0.05) is 0 Å². The fraction of sp³-hybridized carbons (Fsp3) is 1.00. The summed E-state index contributed by atoms with van der Waals surface area (Å²) in [6.07, 6.45) is 6.58. The first-order valence-corrected chi connectivity index (χ1v) is 5.74. The third kappa shape index (κ3) is 8.41. The Morgan fingerprint density at radius 2 is 1.67 bits per heavy atom. The lowest BCUT2D eigenvalue weighted by Gasteiger charge is -2.15. The van der Waals surface area contributed by atoms with Gasteiger partial charge in [0.15, 0.2) is 0 Å². The molecule has 0 fully saturated rings. The second-order valence-electron chi connectivity index (χ2n) is 3.44. The minimum absolute atomic E-state index is 1.04. The first-order valence-electron chi connectivity index (χ1n) is 5.10. The molecule has 74 valence electrons. The van der Waals surface area contributed by atoms with E-state index in [9.17, 15) is 0 Å². The van der Waals surface area contributed by atoms with Crippen molar-refractivity contribution in [2.45, 2.75) is 39.0 Å². The Morgan fingerprint density at radius 1 is 1.00 bits per heavy atom. The predicted molar refractivity (Wildman–Crippen MR) is 60.1 cm³/mol. The lowest BCUT2D eigenvalue weighted by Crippen LogP contribution is -2.20. The van der Waals surface area contributed by atoms with Crippen molar-refractivity contribution < 1.29 is 0 Å². The van der Waals surface area contributed by atoms with Crippen molar-refractivity contribution in [3.63, 3.8) is 0 Å². The second kappa shape index (κ2) is 9.40. The van der Waals surface area contributed by atoms with E-state index in [0.717, 1.165) is 5.75 Å². The van der Waals surface area contributed by atoms with Crippen LogP contribution >= 0.6 is 12.6 Å². The maximum atomic E-state index is 4.19. The van der Waals surface area contributed by atoms with Gasteiger partial charge >= 0.3 is 0 Å². The molecule has 1 nitrogen and oxygen atoms in total. The summed E-state index contributed by atoms with van der Waals surface area (Å²) in [4.78, 5) is 2.43. The van der Waals surface area contributed by atoms with Crippen LogP contribution in [-0.2, 0) is 0 Å². The van der Waals surface area contributed by atoms with E-state index in [2.05, 4.69) is 31.5 Å². The van der Waals surface area contributed by atoms with Gasteiger partial charge in [-0.15, -0.1) is 0 Å². The molecule has 0 saturated carbocycles. The SMILES string of the molecule is CCCCN(C)CCCCCS. The summed E-state index contributed by atoms with van der Waals surface area (Å²) in [5, 5.41) is 0. The van der Waals surface area contributed by atoms with Crippen LogP contribution in [0, 0.1) is 0 Å². The van der Waals surface area contributed by atoms with Crippen LogP contribution in [0.1, 0.15) is 39.0 Å². The molecule has 0 aromatic carbocycles. The zero-order valence-corrected chi connectivity index (χ0v) is 9.45. The third-order valence-electron chi connectivity index (χ3n) is 2.09. The molecule has 0 amide bonds. The maximum Gasteiger partial charge on any atom is -0.00218 e. The zero-order chi connectivity index (χ0) is 9.23. The summed E-state index contributed by atoms with van der Waals surface area (Å²) in [6.45, 7) is 4.76. The number of unbranched alkanes of at least 4 members (excludes halogenated alkanes) is 3. The first-order chi connectivity index (χ1) is 5.81. The highest BCUT2D eigenvalue weighted by atomic mass is 32.1. The topological polar surface area (TPSA) is 3.24 Å². The quantitative estimate of drug-likeness (QED) is 0.454. The number of hydrogen-bond donors (Lipinski definition) is 1. The number of hydrogen-bond acceptors (Lipinski definition) is 2. The summed E-state index contributed by atoms with van der Waals surface area (Å²) < 4.78 is 0. The largest absolute Gasteiger partial charge is 0.306 e. The highest BCUT2D eigenvalue weighted by molar-refractivity contribution is 7.80. The van der Waals surface area contributed by atoms with Crippen molar-refractivity contribution in [1.29, 1.82) is 0 Å². The van der Waals surface area contributed by atoms with Crippen LogP contribution in [0.4, 0.5) is 0 Å². The lowest BCUT2D eigenvalue weighted by molar-refractivity contribution is 0.320. The lowest BCUT2D eigenvalue weighted by atomic mass is 10.2. The van der Waals surface area contributed by atoms with Crippen LogP contribution in [0.3, 0.4) is 0 Å². The van der Waals surface area contributed by atoms with E-state index in [1.54, 1.807) is 0 Å². The molecule has 0 aliphatic rings. The van der Waals surface area contributed by atoms with E-state index in [0.29, 0.717) is 0 Å². The Kier molecular flexibility index (Phi) is 9.64. The van der Waals surface area contributed by atoms with Crippen LogP contribution in [0.15, 0.2) is 0 Å². The molecular formula is C10H23NS. The molecule has 0 unspecified atom stereocenters. The van der Waals surface area contributed by atoms with Crippen molar-refractivity contribution in [2.24, 2.45) is 0 Å². The Labute approximate surface area is 82.9 Å². The number of nitrogens with zero attached hydrogens (tertiary/aromatic N) is 1. The molecule has 0 bridgehead atoms. The van der Waals surface area contributed by atoms with E-state index >= 15 is 0 Å². The van der Waals surface area contributed by atoms with Gasteiger partial charge in [0.25, 0.3) is 0 Å². The Morgan fingerprint density at radius 3 is 2.25 bits per heavy atom. The molecule has 0 atom stereocenters. The van der Waals surface area contributed by atoms with E-state index < -0.39 is 0 Å². The van der Waals surface area contributed by atoms with Crippen LogP contribution in [-0.4, -0.2) is 30.8 Å². The normalized spacial score (nSPS) is 11.0. The molecular weight excluding hydrogens is 166 g/mol. The minimum Gasteiger partial charge on any atom is -0.306 e. The van der Waals surface area contributed by atoms with Crippen LogP contribution < -0.4 is 0 Å². The zero-order valence-electron chi connectivity index (χ0n) is 8.55. The van der Waals surface area contributed by atoms with E-state index in [4.69, 9.17) is 0 Å². The minimum atomic E-state index is 1.04. The molecule has 0 N–H and O–H groups in total. The van der Waals surface area contributed by atoms with Crippen molar-refractivity contribution in [1.82, 2.24) is 4.90 Å². The van der Waals surface area contributed by atoms with Gasteiger partial charge in [-0.3, -0.25) is 0 Å². The number of rotatable bonds is 8. The van der Waals surface area contributed by atoms with Crippen LogP contribution in [0.5, 0.6) is 0 Å². The Bertz CT molecular complexity index is 85.9. The first kappa shape index (κ1) is 12.3. The highest BCUT2D eigenvalue weighted by Gasteiger charge is 1.95. The summed E-state index contributed by atoms with van der Waals surface area (Å²) in [5.74, 6) is 1.04. The Balaban J connectivity index is 3.02. The molecule has 12 heavy (non-hydrogen) atoms. The summed E-state index contributed by atoms with van der Waals surface area (Å²) >= 11 is 4.19. The average Bonchev–Trinajstić information content (AvgIpc) is 2.09. The molecule has 0 spiro atoms. The van der Waals surface area contributed by atoms with Gasteiger partial charge in [-0.25, -0.2) is 0 Å². The van der Waals surface area contributed by atoms with Gasteiger partial charge in [-0.1, -0.05) is 19.8 Å². The average molecular weight is 189 g/mol. The van der Waals surface area contributed by atoms with E-state index in [1.165, 1.54) is 45.2 Å². The van der Waals surface area contributed by atoms with Gasteiger partial charge in [-0.05, 0) is 45.2 Å². The Hall–Kier alpha value is 0.310. The molecule has 0 saturated heterocycles. The van der Waals surface area contributed by atoms with Crippen molar-refractivity contribution in [3.05, 3.63) is 0 Å². The summed E-state index contributed by atoms with van der Waals surface area (Å²) in [7, 11) is 2.22. The molecule has 0 aromatic heterocycles. The molecule has 0 aliphatic carbocycles. The second-order valence-corrected chi connectivity index (χ2v) is 3.89. The molecule has 0 rings (SSSR count). The van der Waals surface area contributed by atoms with Crippen molar-refractivity contribution in [2.75, 3.05) is 25.9 Å². The summed E-state index contributed by atoms with van der Waals surface area (Å²) in [5.41, 5.74) is 0. The monoisotopic (exact) mass is 189 g/mol. The van der Waals surface area contributed by atoms with Crippen molar-refractivity contribution >= 4 is 12.6 Å². The van der Waals surface area contributed by atoms with Gasteiger partial charge < -0.3 is 4.90 Å². The molecule has 0 radical (unpaired) electrons. The molecule has 0 aliphatic heterocycles. The highest BCUT2D eigenvalue weighted by Crippen LogP contribution is 1.99. The molecule has 0 heterocycles. The maximum absolute atomic E-state index is 4.19. The van der Waals surface area contributed by atoms with Gasteiger partial charge in [0.2, 0.25) is 0 Å². The number of thiol groups is 1. The van der Waals surface area contributed by atoms with E-state index in [-0.39, 0.29) is 0 Å². The summed E-state index contributed by atoms with van der Waals surface area (Å²) in [6, 6.07) is 0. The fourth-order valence-corrected chi connectivity index (χ4v) is 1.43. The standard InChI is InChI=1S/C10H23NS/c1-3-4-8-11(2)9-6-5-7-10-12/h12H,3-10H2,1-2H3. The fourth-order valence-electron chi connectivity index (χ4n) is 1.21. The molecule has 2 heteroatoms. The van der Waals surface area contributed by atoms with Crippen molar-refractivity contribution in [3.8, 4) is 0 Å². The predicted octanol–water partition coefficient (Wildman–Crippen LogP) is 2.82. The third-order valence-corrected chi connectivity index (χ3v) is 2.41. The van der Waals surface area contributed by atoms with Gasteiger partial charge in [0.1, 0.15) is 0 Å². The van der Waals surface area contributed by atoms with Gasteiger partial charge in [-0.2, -0.15) is 12.6 Å². The van der Waals surface area contributed by atoms with Crippen LogP contribution in [0.25, 0.3) is 0 Å².